The first-order valence-electron chi connectivity index (χ1n) is 16.2. The van der Waals surface area contributed by atoms with Crippen LogP contribution in [0.3, 0.4) is 0 Å². The van der Waals surface area contributed by atoms with E-state index in [9.17, 15) is 14.7 Å². The number of allylic oxidation sites excluding steroid dienone is 8. The van der Waals surface area contributed by atoms with Crippen molar-refractivity contribution in [3.05, 3.63) is 48.6 Å². The van der Waals surface area contributed by atoms with Gasteiger partial charge in [-0.2, -0.15) is 0 Å². The predicted molar refractivity (Wildman–Crippen MR) is 168 cm³/mol. The zero-order chi connectivity index (χ0) is 29.4. The van der Waals surface area contributed by atoms with Gasteiger partial charge in [-0.15, -0.1) is 0 Å². The quantitative estimate of drug-likeness (QED) is 0.0586. The SMILES string of the molecule is CCCCC/C=C\C/C=C\C/C=C\C/C=C\CCCC(=O)O[C@@H](CO)COC(=O)CCCCCCCCCCC. The highest BCUT2D eigenvalue weighted by Gasteiger charge is 2.15. The summed E-state index contributed by atoms with van der Waals surface area (Å²) in [6.07, 6.45) is 37.4. The lowest BCUT2D eigenvalue weighted by Crippen LogP contribution is -2.28. The van der Waals surface area contributed by atoms with Gasteiger partial charge in [0.2, 0.25) is 0 Å². The first-order valence-corrected chi connectivity index (χ1v) is 16.2. The van der Waals surface area contributed by atoms with Crippen LogP contribution in [-0.2, 0) is 19.1 Å². The van der Waals surface area contributed by atoms with Crippen molar-refractivity contribution < 1.29 is 24.2 Å². The molecule has 0 saturated carbocycles. The van der Waals surface area contributed by atoms with Crippen molar-refractivity contribution in [2.75, 3.05) is 13.2 Å². The van der Waals surface area contributed by atoms with Crippen molar-refractivity contribution in [2.45, 2.75) is 148 Å². The lowest BCUT2D eigenvalue weighted by atomic mass is 10.1. The van der Waals surface area contributed by atoms with E-state index >= 15 is 0 Å². The summed E-state index contributed by atoms with van der Waals surface area (Å²) in [5, 5.41) is 9.47. The van der Waals surface area contributed by atoms with Crippen molar-refractivity contribution in [3.63, 3.8) is 0 Å². The van der Waals surface area contributed by atoms with Crippen LogP contribution in [0.5, 0.6) is 0 Å². The molecule has 0 bridgehead atoms. The third kappa shape index (κ3) is 28.9. The molecule has 0 aromatic rings. The molecule has 0 rings (SSSR count). The van der Waals surface area contributed by atoms with E-state index in [0.717, 1.165) is 44.9 Å². The van der Waals surface area contributed by atoms with Gasteiger partial charge in [0.15, 0.2) is 6.10 Å². The number of carbonyl (C=O) groups excluding carboxylic acids is 2. The fraction of sp³-hybridized carbons (Fsp3) is 0.714. The summed E-state index contributed by atoms with van der Waals surface area (Å²) in [5.41, 5.74) is 0. The van der Waals surface area contributed by atoms with Crippen LogP contribution in [0.4, 0.5) is 0 Å². The van der Waals surface area contributed by atoms with Crippen LogP contribution in [0, 0.1) is 0 Å². The molecule has 1 atom stereocenters. The Bertz CT molecular complexity index is 692. The summed E-state index contributed by atoms with van der Waals surface area (Å²) in [4.78, 5) is 24.0. The second kappa shape index (κ2) is 31.4. The van der Waals surface area contributed by atoms with Gasteiger partial charge in [0.05, 0.1) is 6.61 Å². The maximum absolute atomic E-state index is 12.1. The minimum atomic E-state index is -0.795. The molecule has 0 amide bonds. The maximum Gasteiger partial charge on any atom is 0.306 e. The number of carbonyl (C=O) groups is 2. The first kappa shape index (κ1) is 37.9. The highest BCUT2D eigenvalue weighted by molar-refractivity contribution is 5.70. The highest BCUT2D eigenvalue weighted by Crippen LogP contribution is 2.11. The van der Waals surface area contributed by atoms with Crippen LogP contribution in [0.15, 0.2) is 48.6 Å². The maximum atomic E-state index is 12.1. The topological polar surface area (TPSA) is 72.8 Å². The van der Waals surface area contributed by atoms with Gasteiger partial charge in [-0.3, -0.25) is 9.59 Å². The lowest BCUT2D eigenvalue weighted by Gasteiger charge is -2.15. The number of unbranched alkanes of at least 4 members (excludes halogenated alkanes) is 12. The molecule has 230 valence electrons. The summed E-state index contributed by atoms with van der Waals surface area (Å²) < 4.78 is 10.5. The Morgan fingerprint density at radius 2 is 1.02 bits per heavy atom. The van der Waals surface area contributed by atoms with Gasteiger partial charge in [-0.1, -0.05) is 127 Å². The minimum absolute atomic E-state index is 0.0876. The molecule has 0 aliphatic carbocycles. The standard InChI is InChI=1S/C35H60O5/c1-3-5-7-9-11-13-14-15-16-17-18-19-20-22-24-26-28-30-35(38)40-33(31-36)32-39-34(37)29-27-25-23-21-12-10-8-6-4-2/h11,13,15-16,18-19,22,24,33,36H,3-10,12,14,17,20-21,23,25-32H2,1-2H3/b13-11-,16-15-,19-18-,24-22-/t33-/m0/s1. The van der Waals surface area contributed by atoms with Crippen molar-refractivity contribution in [1.29, 1.82) is 0 Å². The molecule has 0 unspecified atom stereocenters. The average molecular weight is 561 g/mol. The van der Waals surface area contributed by atoms with Crippen molar-refractivity contribution in [2.24, 2.45) is 0 Å². The van der Waals surface area contributed by atoms with Gasteiger partial charge in [0, 0.05) is 12.8 Å². The number of aliphatic hydroxyl groups is 1. The summed E-state index contributed by atoms with van der Waals surface area (Å²) in [5.74, 6) is -0.664. The Morgan fingerprint density at radius 1 is 0.575 bits per heavy atom. The number of aliphatic hydroxyl groups excluding tert-OH is 1. The lowest BCUT2D eigenvalue weighted by molar-refractivity contribution is -0.161. The molecule has 0 radical (unpaired) electrons. The highest BCUT2D eigenvalue weighted by atomic mass is 16.6. The third-order valence-corrected chi connectivity index (χ3v) is 6.63. The Labute approximate surface area is 246 Å². The number of rotatable bonds is 28. The molecule has 0 aliphatic heterocycles. The molecule has 0 saturated heterocycles. The molecule has 5 nitrogen and oxygen atoms in total. The Balaban J connectivity index is 3.73. The van der Waals surface area contributed by atoms with Gasteiger partial charge in [-0.05, 0) is 51.4 Å². The smallest absolute Gasteiger partial charge is 0.306 e. The fourth-order valence-electron chi connectivity index (χ4n) is 4.13. The first-order chi connectivity index (χ1) is 19.6. The molecule has 0 aliphatic rings. The van der Waals surface area contributed by atoms with Crippen molar-refractivity contribution in [3.8, 4) is 0 Å². The van der Waals surface area contributed by atoms with Crippen LogP contribution in [0.25, 0.3) is 0 Å². The predicted octanol–water partition coefficient (Wildman–Crippen LogP) is 9.50. The molecule has 1 N–H and O–H groups in total. The van der Waals surface area contributed by atoms with Gasteiger partial charge < -0.3 is 14.6 Å². The van der Waals surface area contributed by atoms with Gasteiger partial charge in [-0.25, -0.2) is 0 Å². The number of esters is 2. The minimum Gasteiger partial charge on any atom is -0.462 e. The van der Waals surface area contributed by atoms with E-state index in [1.807, 2.05) is 0 Å². The summed E-state index contributed by atoms with van der Waals surface area (Å²) >= 11 is 0. The van der Waals surface area contributed by atoms with Crippen LogP contribution >= 0.6 is 0 Å². The van der Waals surface area contributed by atoms with Crippen LogP contribution in [0.1, 0.15) is 142 Å². The van der Waals surface area contributed by atoms with Crippen molar-refractivity contribution >= 4 is 11.9 Å². The normalized spacial score (nSPS) is 12.8. The van der Waals surface area contributed by atoms with Gasteiger partial charge in [0.1, 0.15) is 6.61 Å². The molecule has 0 aromatic carbocycles. The van der Waals surface area contributed by atoms with E-state index in [4.69, 9.17) is 9.47 Å². The van der Waals surface area contributed by atoms with E-state index in [1.165, 1.54) is 64.2 Å². The monoisotopic (exact) mass is 560 g/mol. The van der Waals surface area contributed by atoms with Crippen LogP contribution < -0.4 is 0 Å². The second-order valence-electron chi connectivity index (χ2n) is 10.5. The van der Waals surface area contributed by atoms with E-state index in [2.05, 4.69) is 62.5 Å². The molecular weight excluding hydrogens is 500 g/mol. The number of hydrogen-bond donors (Lipinski definition) is 1. The number of ether oxygens (including phenoxy) is 2. The molecular formula is C35H60O5. The van der Waals surface area contributed by atoms with E-state index < -0.39 is 6.10 Å². The van der Waals surface area contributed by atoms with E-state index in [-0.39, 0.29) is 31.6 Å². The Kier molecular flexibility index (Phi) is 29.7. The van der Waals surface area contributed by atoms with Crippen LogP contribution in [-0.4, -0.2) is 36.4 Å². The van der Waals surface area contributed by atoms with Crippen molar-refractivity contribution in [1.82, 2.24) is 0 Å². The molecule has 5 heteroatoms. The van der Waals surface area contributed by atoms with Gasteiger partial charge >= 0.3 is 11.9 Å². The summed E-state index contributed by atoms with van der Waals surface area (Å²) in [6.45, 7) is 4.01. The van der Waals surface area contributed by atoms with Crippen LogP contribution in [0.2, 0.25) is 0 Å². The summed E-state index contributed by atoms with van der Waals surface area (Å²) in [6, 6.07) is 0. The zero-order valence-corrected chi connectivity index (χ0v) is 25.8. The molecule has 40 heavy (non-hydrogen) atoms. The Morgan fingerprint density at radius 3 is 1.57 bits per heavy atom. The van der Waals surface area contributed by atoms with Gasteiger partial charge in [0.25, 0.3) is 0 Å². The molecule has 0 heterocycles. The zero-order valence-electron chi connectivity index (χ0n) is 25.8. The van der Waals surface area contributed by atoms with E-state index in [1.54, 1.807) is 0 Å². The molecule has 0 aromatic heterocycles. The summed E-state index contributed by atoms with van der Waals surface area (Å²) in [7, 11) is 0. The second-order valence-corrected chi connectivity index (χ2v) is 10.5. The molecule has 0 spiro atoms. The Hall–Kier alpha value is -2.14. The molecule has 0 fully saturated rings. The number of hydrogen-bond acceptors (Lipinski definition) is 5. The van der Waals surface area contributed by atoms with E-state index in [0.29, 0.717) is 12.8 Å². The average Bonchev–Trinajstić information content (AvgIpc) is 2.96. The largest absolute Gasteiger partial charge is 0.462 e. The third-order valence-electron chi connectivity index (χ3n) is 6.63. The fourth-order valence-corrected chi connectivity index (χ4v) is 4.13.